The van der Waals surface area contributed by atoms with Gasteiger partial charge in [-0.25, -0.2) is 9.36 Å². The smallest absolute Gasteiger partial charge is 0.469 e. The average molecular weight is 496 g/mol. The minimum Gasteiger partial charge on any atom is -0.480 e. The first kappa shape index (κ1) is 31.5. The topological polar surface area (TPSA) is 133 Å². The van der Waals surface area contributed by atoms with Gasteiger partial charge in [0, 0.05) is 6.42 Å². The molecule has 0 aliphatic rings. The Kier molecular flexibility index (Phi) is 19.5. The van der Waals surface area contributed by atoms with Gasteiger partial charge in [-0.1, -0.05) is 79.8 Å². The van der Waals surface area contributed by atoms with Gasteiger partial charge in [-0.2, -0.15) is 0 Å². The molecule has 0 spiro atoms. The Morgan fingerprint density at radius 3 is 1.59 bits per heavy atom. The molecule has 34 heavy (non-hydrogen) atoms. The number of allylic oxidation sites excluding steroid dienone is 12. The van der Waals surface area contributed by atoms with Gasteiger partial charge in [0.1, 0.15) is 0 Å². The van der Waals surface area contributed by atoms with Crippen LogP contribution in [0.25, 0.3) is 0 Å². The Bertz CT molecular complexity index is 791. The second-order valence-corrected chi connectivity index (χ2v) is 8.44. The number of carboxylic acid groups (broad SMARTS) is 1. The van der Waals surface area contributed by atoms with Crippen molar-refractivity contribution in [3.05, 3.63) is 72.9 Å². The van der Waals surface area contributed by atoms with Crippen LogP contribution < -0.4 is 5.32 Å². The van der Waals surface area contributed by atoms with Gasteiger partial charge < -0.3 is 20.2 Å². The van der Waals surface area contributed by atoms with E-state index in [0.717, 1.165) is 38.5 Å². The van der Waals surface area contributed by atoms with Crippen LogP contribution in [-0.4, -0.2) is 39.4 Å². The first-order chi connectivity index (χ1) is 16.3. The minimum atomic E-state index is -4.80. The van der Waals surface area contributed by atoms with E-state index in [2.05, 4.69) is 71.4 Å². The third kappa shape index (κ3) is 22.7. The third-order valence-electron chi connectivity index (χ3n) is 4.18. The molecule has 0 bridgehead atoms. The van der Waals surface area contributed by atoms with Crippen molar-refractivity contribution < 1.29 is 33.6 Å². The van der Waals surface area contributed by atoms with Crippen molar-refractivity contribution in [2.75, 3.05) is 6.61 Å². The van der Waals surface area contributed by atoms with E-state index in [4.69, 9.17) is 14.9 Å². The van der Waals surface area contributed by atoms with E-state index in [0.29, 0.717) is 6.42 Å². The highest BCUT2D eigenvalue weighted by atomic mass is 31.2. The summed E-state index contributed by atoms with van der Waals surface area (Å²) >= 11 is 0. The lowest BCUT2D eigenvalue weighted by Crippen LogP contribution is -2.43. The van der Waals surface area contributed by atoms with E-state index in [1.165, 1.54) is 0 Å². The summed E-state index contributed by atoms with van der Waals surface area (Å²) in [7, 11) is -4.80. The van der Waals surface area contributed by atoms with Crippen LogP contribution in [0.15, 0.2) is 72.9 Å². The number of phosphoric ester groups is 1. The number of carbonyl (C=O) groups is 2. The molecule has 0 saturated heterocycles. The quantitative estimate of drug-likeness (QED) is 0.144. The molecule has 0 saturated carbocycles. The number of hydrogen-bond acceptors (Lipinski definition) is 4. The molecule has 0 fully saturated rings. The van der Waals surface area contributed by atoms with Gasteiger partial charge in [0.05, 0.1) is 6.61 Å². The SMILES string of the molecule is CC/C=C\C/C=C\C/C=C\C/C=C\C/C=C\C/C=C\CCC(=O)N[C@@H](COP(=O)(O)O)C(=O)O. The molecular formula is C25H38NO7P. The first-order valence-corrected chi connectivity index (χ1v) is 12.9. The highest BCUT2D eigenvalue weighted by Crippen LogP contribution is 2.35. The molecule has 8 nitrogen and oxygen atoms in total. The molecule has 0 heterocycles. The number of amides is 1. The molecule has 0 aromatic rings. The van der Waals surface area contributed by atoms with E-state index in [1.54, 1.807) is 0 Å². The molecule has 0 aliphatic heterocycles. The fourth-order valence-corrected chi connectivity index (χ4v) is 2.81. The van der Waals surface area contributed by atoms with Crippen LogP contribution in [0.1, 0.15) is 58.3 Å². The summed E-state index contributed by atoms with van der Waals surface area (Å²) < 4.78 is 14.8. The highest BCUT2D eigenvalue weighted by Gasteiger charge is 2.24. The Balaban J connectivity index is 3.88. The number of carboxylic acids is 1. The van der Waals surface area contributed by atoms with Gasteiger partial charge >= 0.3 is 13.8 Å². The zero-order valence-electron chi connectivity index (χ0n) is 19.8. The molecule has 0 aromatic carbocycles. The van der Waals surface area contributed by atoms with Crippen LogP contribution in [0.5, 0.6) is 0 Å². The van der Waals surface area contributed by atoms with Crippen LogP contribution in [0.2, 0.25) is 0 Å². The van der Waals surface area contributed by atoms with Crippen molar-refractivity contribution in [3.8, 4) is 0 Å². The summed E-state index contributed by atoms with van der Waals surface area (Å²) in [5, 5.41) is 11.1. The van der Waals surface area contributed by atoms with Crippen LogP contribution in [0.3, 0.4) is 0 Å². The zero-order valence-corrected chi connectivity index (χ0v) is 20.7. The Morgan fingerprint density at radius 1 is 0.794 bits per heavy atom. The van der Waals surface area contributed by atoms with Crippen molar-refractivity contribution in [3.63, 3.8) is 0 Å². The largest absolute Gasteiger partial charge is 0.480 e. The first-order valence-electron chi connectivity index (χ1n) is 11.4. The predicted octanol–water partition coefficient (Wildman–Crippen LogP) is 5.14. The Hall–Kier alpha value is -2.51. The van der Waals surface area contributed by atoms with Crippen LogP contribution >= 0.6 is 7.82 Å². The summed E-state index contributed by atoms with van der Waals surface area (Å²) in [6.45, 7) is 1.31. The van der Waals surface area contributed by atoms with Crippen LogP contribution in [0, 0.1) is 0 Å². The Morgan fingerprint density at radius 2 is 1.21 bits per heavy atom. The maximum atomic E-state index is 11.8. The number of phosphoric acid groups is 1. The summed E-state index contributed by atoms with van der Waals surface area (Å²) in [4.78, 5) is 40.0. The molecule has 1 amide bonds. The maximum Gasteiger partial charge on any atom is 0.469 e. The Labute approximate surface area is 202 Å². The van der Waals surface area contributed by atoms with E-state index >= 15 is 0 Å². The lowest BCUT2D eigenvalue weighted by molar-refractivity contribution is -0.142. The third-order valence-corrected chi connectivity index (χ3v) is 4.66. The lowest BCUT2D eigenvalue weighted by Gasteiger charge is -2.14. The molecule has 190 valence electrons. The van der Waals surface area contributed by atoms with E-state index in [-0.39, 0.29) is 6.42 Å². The number of aliphatic carboxylic acids is 1. The van der Waals surface area contributed by atoms with Gasteiger partial charge in [-0.15, -0.1) is 0 Å². The molecule has 0 unspecified atom stereocenters. The molecule has 0 radical (unpaired) electrons. The maximum absolute atomic E-state index is 11.8. The fraction of sp³-hybridized carbons (Fsp3) is 0.440. The molecule has 0 aromatic heterocycles. The second kappa shape index (κ2) is 21.1. The summed E-state index contributed by atoms with van der Waals surface area (Å²) in [6.07, 6.45) is 31.0. The summed E-state index contributed by atoms with van der Waals surface area (Å²) in [6, 6.07) is -1.52. The van der Waals surface area contributed by atoms with Crippen molar-refractivity contribution in [2.24, 2.45) is 0 Å². The lowest BCUT2D eigenvalue weighted by atomic mass is 10.2. The van der Waals surface area contributed by atoms with Gasteiger partial charge in [-0.3, -0.25) is 9.32 Å². The van der Waals surface area contributed by atoms with Crippen molar-refractivity contribution in [1.82, 2.24) is 5.32 Å². The van der Waals surface area contributed by atoms with Crippen molar-refractivity contribution in [2.45, 2.75) is 64.3 Å². The molecule has 0 aliphatic carbocycles. The number of nitrogens with one attached hydrogen (secondary N) is 1. The van der Waals surface area contributed by atoms with Crippen LogP contribution in [-0.2, 0) is 18.7 Å². The highest BCUT2D eigenvalue weighted by molar-refractivity contribution is 7.46. The van der Waals surface area contributed by atoms with Gasteiger partial charge in [0.15, 0.2) is 6.04 Å². The van der Waals surface area contributed by atoms with Gasteiger partial charge in [-0.05, 0) is 44.9 Å². The summed E-state index contributed by atoms with van der Waals surface area (Å²) in [5.41, 5.74) is 0. The fourth-order valence-electron chi connectivity index (χ4n) is 2.47. The average Bonchev–Trinajstić information content (AvgIpc) is 2.77. The van der Waals surface area contributed by atoms with E-state index in [1.807, 2.05) is 18.2 Å². The van der Waals surface area contributed by atoms with E-state index < -0.39 is 32.3 Å². The van der Waals surface area contributed by atoms with E-state index in [9.17, 15) is 14.2 Å². The number of rotatable bonds is 19. The normalized spacial score (nSPS) is 14.0. The van der Waals surface area contributed by atoms with Gasteiger partial charge in [0.25, 0.3) is 0 Å². The van der Waals surface area contributed by atoms with Crippen molar-refractivity contribution >= 4 is 19.7 Å². The summed E-state index contributed by atoms with van der Waals surface area (Å²) in [5.74, 6) is -1.98. The number of carbonyl (C=O) groups excluding carboxylic acids is 1. The standard InChI is InChI=1S/C25H38NO7P/c1-2-3-4-5-6-7-8-9-10-11-12-13-14-15-16-17-18-19-20-21-24(27)26-23(25(28)29)22-33-34(30,31)32/h3-4,6-7,9-10,12-13,15-16,18-19,23H,2,5,8,11,14,17,20-22H2,1H3,(H,26,27)(H,28,29)(H2,30,31,32)/b4-3-,7-6-,10-9-,13-12-,16-15-,19-18-/t23-/m0/s1. The van der Waals surface area contributed by atoms with Gasteiger partial charge in [0.2, 0.25) is 5.91 Å². The minimum absolute atomic E-state index is 0.0574. The zero-order chi connectivity index (χ0) is 25.5. The molecule has 1 atom stereocenters. The molecule has 9 heteroatoms. The number of hydrogen-bond donors (Lipinski definition) is 4. The monoisotopic (exact) mass is 495 g/mol. The van der Waals surface area contributed by atoms with Crippen molar-refractivity contribution in [1.29, 1.82) is 0 Å². The molecular weight excluding hydrogens is 457 g/mol. The van der Waals surface area contributed by atoms with Crippen LogP contribution in [0.4, 0.5) is 0 Å². The molecule has 0 rings (SSSR count). The molecule has 4 N–H and O–H groups in total. The predicted molar refractivity (Wildman–Crippen MR) is 135 cm³/mol. The second-order valence-electron chi connectivity index (χ2n) is 7.20.